The van der Waals surface area contributed by atoms with Crippen LogP contribution in [0.3, 0.4) is 0 Å². The quantitative estimate of drug-likeness (QED) is 0.672. The van der Waals surface area contributed by atoms with E-state index < -0.39 is 10.0 Å². The molecule has 0 bridgehead atoms. The van der Waals surface area contributed by atoms with Gasteiger partial charge in [0.25, 0.3) is 5.91 Å². The standard InChI is InChI=1S/C15H19N3O3S/c1-2-22(20,21)17-11-10-16-15(19)14-9-8-13(18-14)12-6-4-3-5-7-12/h3-9,17-18H,2,10-11H2,1H3,(H,16,19). The van der Waals surface area contributed by atoms with Crippen molar-refractivity contribution in [1.29, 1.82) is 0 Å². The van der Waals surface area contributed by atoms with Gasteiger partial charge < -0.3 is 10.3 Å². The van der Waals surface area contributed by atoms with Gasteiger partial charge in [0.1, 0.15) is 5.69 Å². The van der Waals surface area contributed by atoms with Crippen LogP contribution in [-0.2, 0) is 10.0 Å². The van der Waals surface area contributed by atoms with E-state index in [0.29, 0.717) is 5.69 Å². The molecule has 0 aliphatic rings. The van der Waals surface area contributed by atoms with Crippen LogP contribution >= 0.6 is 0 Å². The first kappa shape index (κ1) is 16.3. The lowest BCUT2D eigenvalue weighted by atomic mass is 10.2. The van der Waals surface area contributed by atoms with E-state index in [2.05, 4.69) is 15.0 Å². The summed E-state index contributed by atoms with van der Waals surface area (Å²) < 4.78 is 24.9. The molecule has 0 aliphatic heterocycles. The fraction of sp³-hybridized carbons (Fsp3) is 0.267. The summed E-state index contributed by atoms with van der Waals surface area (Å²) in [5, 5.41) is 2.66. The van der Waals surface area contributed by atoms with Crippen molar-refractivity contribution in [1.82, 2.24) is 15.0 Å². The van der Waals surface area contributed by atoms with Crippen molar-refractivity contribution < 1.29 is 13.2 Å². The number of rotatable bonds is 7. The van der Waals surface area contributed by atoms with E-state index in [1.54, 1.807) is 13.0 Å². The Morgan fingerprint density at radius 1 is 1.09 bits per heavy atom. The Bertz CT molecular complexity index is 724. The number of amides is 1. The van der Waals surface area contributed by atoms with Crippen molar-refractivity contribution in [2.75, 3.05) is 18.8 Å². The van der Waals surface area contributed by atoms with E-state index in [9.17, 15) is 13.2 Å². The minimum Gasteiger partial charge on any atom is -0.351 e. The molecule has 0 saturated carbocycles. The Morgan fingerprint density at radius 3 is 2.50 bits per heavy atom. The Balaban J connectivity index is 1.88. The highest BCUT2D eigenvalue weighted by atomic mass is 32.2. The average Bonchev–Trinajstić information content (AvgIpc) is 3.02. The van der Waals surface area contributed by atoms with Gasteiger partial charge >= 0.3 is 0 Å². The highest BCUT2D eigenvalue weighted by molar-refractivity contribution is 7.89. The number of hydrogen-bond acceptors (Lipinski definition) is 3. The maximum atomic E-state index is 12.0. The molecule has 0 fully saturated rings. The lowest BCUT2D eigenvalue weighted by molar-refractivity contribution is 0.0950. The van der Waals surface area contributed by atoms with Crippen LogP contribution in [0.15, 0.2) is 42.5 Å². The summed E-state index contributed by atoms with van der Waals surface area (Å²) in [6.07, 6.45) is 0. The Hall–Kier alpha value is -2.12. The van der Waals surface area contributed by atoms with Gasteiger partial charge in [-0.3, -0.25) is 4.79 Å². The highest BCUT2D eigenvalue weighted by Crippen LogP contribution is 2.17. The van der Waals surface area contributed by atoms with Gasteiger partial charge in [-0.05, 0) is 24.6 Å². The summed E-state index contributed by atoms with van der Waals surface area (Å²) >= 11 is 0. The van der Waals surface area contributed by atoms with Crippen molar-refractivity contribution in [3.8, 4) is 11.3 Å². The van der Waals surface area contributed by atoms with Crippen LogP contribution < -0.4 is 10.0 Å². The van der Waals surface area contributed by atoms with Crippen LogP contribution in [0.5, 0.6) is 0 Å². The topological polar surface area (TPSA) is 91.1 Å². The summed E-state index contributed by atoms with van der Waals surface area (Å²) in [6.45, 7) is 1.97. The predicted octanol–water partition coefficient (Wildman–Crippen LogP) is 1.35. The average molecular weight is 321 g/mol. The normalized spacial score (nSPS) is 11.3. The van der Waals surface area contributed by atoms with Crippen LogP contribution in [-0.4, -0.2) is 38.2 Å². The number of nitrogens with one attached hydrogen (secondary N) is 3. The van der Waals surface area contributed by atoms with Crippen molar-refractivity contribution in [2.45, 2.75) is 6.92 Å². The number of H-pyrrole nitrogens is 1. The molecule has 1 amide bonds. The third-order valence-electron chi connectivity index (χ3n) is 3.13. The first-order valence-electron chi connectivity index (χ1n) is 7.02. The number of carbonyl (C=O) groups excluding carboxylic acids is 1. The molecule has 7 heteroatoms. The summed E-state index contributed by atoms with van der Waals surface area (Å²) in [5.74, 6) is -0.240. The predicted molar refractivity (Wildman–Crippen MR) is 86.0 cm³/mol. The molecule has 0 saturated heterocycles. The van der Waals surface area contributed by atoms with E-state index in [4.69, 9.17) is 0 Å². The van der Waals surface area contributed by atoms with Crippen LogP contribution in [0.1, 0.15) is 17.4 Å². The third-order valence-corrected chi connectivity index (χ3v) is 4.53. The fourth-order valence-electron chi connectivity index (χ4n) is 1.89. The molecule has 0 atom stereocenters. The van der Waals surface area contributed by atoms with E-state index in [0.717, 1.165) is 11.3 Å². The largest absolute Gasteiger partial charge is 0.351 e. The van der Waals surface area contributed by atoms with Gasteiger partial charge in [0, 0.05) is 18.8 Å². The first-order chi connectivity index (χ1) is 10.5. The van der Waals surface area contributed by atoms with E-state index >= 15 is 0 Å². The van der Waals surface area contributed by atoms with Gasteiger partial charge in [0.15, 0.2) is 0 Å². The number of aromatic amines is 1. The zero-order chi connectivity index (χ0) is 16.0. The third kappa shape index (κ3) is 4.44. The maximum absolute atomic E-state index is 12.0. The van der Waals surface area contributed by atoms with Gasteiger partial charge in [0.05, 0.1) is 5.75 Å². The Labute approximate surface area is 130 Å². The molecule has 0 spiro atoms. The smallest absolute Gasteiger partial charge is 0.267 e. The molecular formula is C15H19N3O3S. The second kappa shape index (κ2) is 7.24. The Morgan fingerprint density at radius 2 is 1.82 bits per heavy atom. The van der Waals surface area contributed by atoms with E-state index in [1.807, 2.05) is 36.4 Å². The summed E-state index contributed by atoms with van der Waals surface area (Å²) in [7, 11) is -3.22. The maximum Gasteiger partial charge on any atom is 0.267 e. The first-order valence-corrected chi connectivity index (χ1v) is 8.67. The van der Waals surface area contributed by atoms with Crippen molar-refractivity contribution >= 4 is 15.9 Å². The minimum absolute atomic E-state index is 0.0258. The molecule has 1 aromatic heterocycles. The minimum atomic E-state index is -3.22. The molecule has 3 N–H and O–H groups in total. The second-order valence-corrected chi connectivity index (χ2v) is 6.80. The molecule has 118 valence electrons. The Kier molecular flexibility index (Phi) is 5.35. The number of benzene rings is 1. The van der Waals surface area contributed by atoms with Gasteiger partial charge in [-0.1, -0.05) is 30.3 Å². The summed E-state index contributed by atoms with van der Waals surface area (Å²) in [6, 6.07) is 13.2. The molecule has 1 aromatic carbocycles. The van der Waals surface area contributed by atoms with Crippen LogP contribution in [0.4, 0.5) is 0 Å². The number of carbonyl (C=O) groups is 1. The SMILES string of the molecule is CCS(=O)(=O)NCCNC(=O)c1ccc(-c2ccccc2)[nH]1. The van der Waals surface area contributed by atoms with Crippen molar-refractivity contribution in [2.24, 2.45) is 0 Å². The highest BCUT2D eigenvalue weighted by Gasteiger charge is 2.09. The monoisotopic (exact) mass is 321 g/mol. The lowest BCUT2D eigenvalue weighted by Crippen LogP contribution is -2.35. The zero-order valence-corrected chi connectivity index (χ0v) is 13.1. The van der Waals surface area contributed by atoms with Gasteiger partial charge in [-0.25, -0.2) is 13.1 Å². The molecular weight excluding hydrogens is 302 g/mol. The van der Waals surface area contributed by atoms with E-state index in [1.165, 1.54) is 0 Å². The van der Waals surface area contributed by atoms with Gasteiger partial charge in [-0.15, -0.1) is 0 Å². The molecule has 0 aliphatic carbocycles. The molecule has 6 nitrogen and oxygen atoms in total. The van der Waals surface area contributed by atoms with Gasteiger partial charge in [0.2, 0.25) is 10.0 Å². The fourth-order valence-corrected chi connectivity index (χ4v) is 2.51. The van der Waals surface area contributed by atoms with Crippen LogP contribution in [0, 0.1) is 0 Å². The summed E-state index contributed by atoms with van der Waals surface area (Å²) in [4.78, 5) is 15.0. The van der Waals surface area contributed by atoms with Gasteiger partial charge in [-0.2, -0.15) is 0 Å². The number of sulfonamides is 1. The van der Waals surface area contributed by atoms with Crippen LogP contribution in [0.25, 0.3) is 11.3 Å². The van der Waals surface area contributed by atoms with Crippen molar-refractivity contribution in [3.63, 3.8) is 0 Å². The molecule has 1 heterocycles. The lowest BCUT2D eigenvalue weighted by Gasteiger charge is -2.05. The molecule has 22 heavy (non-hydrogen) atoms. The molecule has 2 aromatic rings. The van der Waals surface area contributed by atoms with E-state index in [-0.39, 0.29) is 24.7 Å². The molecule has 2 rings (SSSR count). The van der Waals surface area contributed by atoms with Crippen LogP contribution in [0.2, 0.25) is 0 Å². The number of hydrogen-bond donors (Lipinski definition) is 3. The zero-order valence-electron chi connectivity index (χ0n) is 12.3. The molecule has 0 radical (unpaired) electrons. The molecule has 0 unspecified atom stereocenters. The van der Waals surface area contributed by atoms with Crippen molar-refractivity contribution in [3.05, 3.63) is 48.2 Å². The number of aromatic nitrogens is 1. The summed E-state index contributed by atoms with van der Waals surface area (Å²) in [5.41, 5.74) is 2.30. The second-order valence-electron chi connectivity index (χ2n) is 4.71.